The molecule has 1 unspecified atom stereocenters. The van der Waals surface area contributed by atoms with E-state index in [4.69, 9.17) is 0 Å². The molecule has 1 atom stereocenters. The number of ether oxygens (including phenoxy) is 1. The van der Waals surface area contributed by atoms with Crippen molar-refractivity contribution in [2.45, 2.75) is 13.0 Å². The highest BCUT2D eigenvalue weighted by atomic mass is 16.5. The summed E-state index contributed by atoms with van der Waals surface area (Å²) in [6.07, 6.45) is 5.51. The number of rotatable bonds is 4. The highest BCUT2D eigenvalue weighted by Gasteiger charge is 2.34. The molecule has 1 amide bonds. The van der Waals surface area contributed by atoms with E-state index in [-0.39, 0.29) is 24.2 Å². The molecule has 1 aromatic heterocycles. The Labute approximate surface area is 99.2 Å². The van der Waals surface area contributed by atoms with E-state index in [1.165, 1.54) is 7.11 Å². The third kappa shape index (κ3) is 2.64. The molecule has 0 radical (unpaired) electrons. The molecule has 6 heteroatoms. The van der Waals surface area contributed by atoms with Crippen LogP contribution in [0.1, 0.15) is 6.42 Å². The molecule has 17 heavy (non-hydrogen) atoms. The van der Waals surface area contributed by atoms with Crippen molar-refractivity contribution in [1.29, 1.82) is 0 Å². The molecule has 1 aliphatic heterocycles. The van der Waals surface area contributed by atoms with Crippen molar-refractivity contribution in [2.75, 3.05) is 20.2 Å². The fraction of sp³-hybridized carbons (Fsp3) is 0.545. The molecule has 92 valence electrons. The van der Waals surface area contributed by atoms with Gasteiger partial charge in [-0.25, -0.2) is 4.98 Å². The van der Waals surface area contributed by atoms with Gasteiger partial charge in [0.2, 0.25) is 5.91 Å². The number of likely N-dealkylation sites (tertiary alicyclic amines) is 1. The lowest BCUT2D eigenvalue weighted by Crippen LogP contribution is -2.29. The lowest BCUT2D eigenvalue weighted by atomic mass is 10.1. The van der Waals surface area contributed by atoms with Crippen molar-refractivity contribution in [3.05, 3.63) is 18.7 Å². The van der Waals surface area contributed by atoms with E-state index in [1.807, 2.05) is 10.8 Å². The van der Waals surface area contributed by atoms with E-state index in [1.54, 1.807) is 17.4 Å². The van der Waals surface area contributed by atoms with Gasteiger partial charge in [0, 0.05) is 38.4 Å². The smallest absolute Gasteiger partial charge is 0.310 e. The molecule has 1 saturated heterocycles. The number of esters is 1. The van der Waals surface area contributed by atoms with Crippen LogP contribution < -0.4 is 0 Å². The number of imidazole rings is 1. The van der Waals surface area contributed by atoms with Gasteiger partial charge < -0.3 is 14.2 Å². The van der Waals surface area contributed by atoms with Crippen LogP contribution in [0.3, 0.4) is 0 Å². The zero-order valence-corrected chi connectivity index (χ0v) is 9.70. The zero-order valence-electron chi connectivity index (χ0n) is 9.70. The van der Waals surface area contributed by atoms with E-state index in [2.05, 4.69) is 9.72 Å². The number of aromatic nitrogens is 2. The monoisotopic (exact) mass is 237 g/mol. The fourth-order valence-corrected chi connectivity index (χ4v) is 1.97. The second-order valence-electron chi connectivity index (χ2n) is 4.06. The van der Waals surface area contributed by atoms with Crippen LogP contribution in [0.25, 0.3) is 0 Å². The molecule has 0 N–H and O–H groups in total. The summed E-state index contributed by atoms with van der Waals surface area (Å²) >= 11 is 0. The molecular formula is C11H15N3O3. The van der Waals surface area contributed by atoms with Gasteiger partial charge in [0.1, 0.15) is 0 Å². The second kappa shape index (κ2) is 4.99. The van der Waals surface area contributed by atoms with Crippen molar-refractivity contribution in [3.8, 4) is 0 Å². The first kappa shape index (κ1) is 11.6. The Bertz CT molecular complexity index is 402. The van der Waals surface area contributed by atoms with Crippen molar-refractivity contribution in [2.24, 2.45) is 5.92 Å². The molecule has 0 spiro atoms. The minimum atomic E-state index is -0.310. The lowest BCUT2D eigenvalue weighted by molar-refractivity contribution is -0.145. The van der Waals surface area contributed by atoms with Gasteiger partial charge in [0.15, 0.2) is 0 Å². The Morgan fingerprint density at radius 2 is 2.41 bits per heavy atom. The number of hydrogen-bond acceptors (Lipinski definition) is 4. The summed E-state index contributed by atoms with van der Waals surface area (Å²) in [5, 5.41) is 0. The lowest BCUT2D eigenvalue weighted by Gasteiger charge is -2.16. The maximum atomic E-state index is 11.7. The standard InChI is InChI=1S/C11H15N3O3/c1-17-11(16)9-6-10(15)14(7-9)5-4-13-3-2-12-8-13/h2-3,8-9H,4-7H2,1H3. The highest BCUT2D eigenvalue weighted by Crippen LogP contribution is 2.18. The summed E-state index contributed by atoms with van der Waals surface area (Å²) < 4.78 is 6.55. The van der Waals surface area contributed by atoms with Gasteiger partial charge in [0.25, 0.3) is 0 Å². The van der Waals surface area contributed by atoms with E-state index < -0.39 is 0 Å². The van der Waals surface area contributed by atoms with Gasteiger partial charge in [-0.05, 0) is 0 Å². The average Bonchev–Trinajstić information content (AvgIpc) is 2.95. The van der Waals surface area contributed by atoms with Crippen LogP contribution in [-0.2, 0) is 20.9 Å². The number of nitrogens with zero attached hydrogens (tertiary/aromatic N) is 3. The first-order valence-electron chi connectivity index (χ1n) is 5.52. The van der Waals surface area contributed by atoms with Gasteiger partial charge in [-0.15, -0.1) is 0 Å². The SMILES string of the molecule is COC(=O)C1CC(=O)N(CCn2ccnc2)C1. The van der Waals surface area contributed by atoms with Crippen LogP contribution in [0.2, 0.25) is 0 Å². The summed E-state index contributed by atoms with van der Waals surface area (Å²) in [6, 6.07) is 0. The van der Waals surface area contributed by atoms with E-state index in [9.17, 15) is 9.59 Å². The molecule has 0 aliphatic carbocycles. The number of carbonyl (C=O) groups is 2. The predicted octanol–water partition coefficient (Wildman–Crippen LogP) is -0.0954. The van der Waals surface area contributed by atoms with Crippen LogP contribution in [0.15, 0.2) is 18.7 Å². The normalized spacial score (nSPS) is 19.7. The molecular weight excluding hydrogens is 222 g/mol. The Morgan fingerprint density at radius 1 is 1.59 bits per heavy atom. The van der Waals surface area contributed by atoms with Gasteiger partial charge in [-0.2, -0.15) is 0 Å². The minimum absolute atomic E-state index is 0.0144. The van der Waals surface area contributed by atoms with Crippen LogP contribution in [0, 0.1) is 5.92 Å². The third-order valence-corrected chi connectivity index (χ3v) is 2.94. The molecule has 2 heterocycles. The summed E-state index contributed by atoms with van der Waals surface area (Å²) in [5.41, 5.74) is 0. The molecule has 1 fully saturated rings. The van der Waals surface area contributed by atoms with Crippen molar-refractivity contribution in [1.82, 2.24) is 14.5 Å². The number of methoxy groups -OCH3 is 1. The second-order valence-corrected chi connectivity index (χ2v) is 4.06. The maximum Gasteiger partial charge on any atom is 0.310 e. The van der Waals surface area contributed by atoms with Crippen LogP contribution in [0.4, 0.5) is 0 Å². The topological polar surface area (TPSA) is 64.4 Å². The van der Waals surface area contributed by atoms with E-state index >= 15 is 0 Å². The molecule has 6 nitrogen and oxygen atoms in total. The minimum Gasteiger partial charge on any atom is -0.469 e. The Balaban J connectivity index is 1.86. The number of hydrogen-bond donors (Lipinski definition) is 0. The fourth-order valence-electron chi connectivity index (χ4n) is 1.97. The summed E-state index contributed by atoms with van der Waals surface area (Å²) in [4.78, 5) is 28.6. The van der Waals surface area contributed by atoms with Crippen LogP contribution in [0.5, 0.6) is 0 Å². The average molecular weight is 237 g/mol. The van der Waals surface area contributed by atoms with Crippen LogP contribution >= 0.6 is 0 Å². The van der Waals surface area contributed by atoms with Gasteiger partial charge in [-0.1, -0.05) is 0 Å². The van der Waals surface area contributed by atoms with E-state index in [0.717, 1.165) is 0 Å². The molecule has 0 saturated carbocycles. The number of carbonyl (C=O) groups excluding carboxylic acids is 2. The zero-order chi connectivity index (χ0) is 12.3. The predicted molar refractivity (Wildman–Crippen MR) is 58.9 cm³/mol. The van der Waals surface area contributed by atoms with Crippen LogP contribution in [-0.4, -0.2) is 46.5 Å². The first-order chi connectivity index (χ1) is 8.20. The summed E-state index contributed by atoms with van der Waals surface area (Å²) in [6.45, 7) is 1.75. The molecule has 0 bridgehead atoms. The number of amides is 1. The molecule has 1 aliphatic rings. The van der Waals surface area contributed by atoms with Crippen molar-refractivity contribution < 1.29 is 14.3 Å². The summed E-state index contributed by atoms with van der Waals surface area (Å²) in [5.74, 6) is -0.598. The molecule has 2 rings (SSSR count). The van der Waals surface area contributed by atoms with Crippen molar-refractivity contribution >= 4 is 11.9 Å². The van der Waals surface area contributed by atoms with Crippen molar-refractivity contribution in [3.63, 3.8) is 0 Å². The van der Waals surface area contributed by atoms with E-state index in [0.29, 0.717) is 19.6 Å². The quantitative estimate of drug-likeness (QED) is 0.686. The Kier molecular flexibility index (Phi) is 3.41. The molecule has 1 aromatic rings. The Morgan fingerprint density at radius 3 is 3.06 bits per heavy atom. The molecule has 0 aromatic carbocycles. The first-order valence-corrected chi connectivity index (χ1v) is 5.52. The van der Waals surface area contributed by atoms with Gasteiger partial charge >= 0.3 is 5.97 Å². The highest BCUT2D eigenvalue weighted by molar-refractivity contribution is 5.86. The largest absolute Gasteiger partial charge is 0.469 e. The Hall–Kier alpha value is -1.85. The van der Waals surface area contributed by atoms with Gasteiger partial charge in [-0.3, -0.25) is 9.59 Å². The van der Waals surface area contributed by atoms with Gasteiger partial charge in [0.05, 0.1) is 19.4 Å². The summed E-state index contributed by atoms with van der Waals surface area (Å²) in [7, 11) is 1.35. The third-order valence-electron chi connectivity index (χ3n) is 2.94. The maximum absolute atomic E-state index is 11.7.